The Kier molecular flexibility index (Phi) is 6.61. The maximum atomic E-state index is 12.8. The number of rotatable bonds is 7. The largest absolute Gasteiger partial charge is 0.478 e. The van der Waals surface area contributed by atoms with E-state index in [0.717, 1.165) is 0 Å². The molecule has 1 amide bonds. The van der Waals surface area contributed by atoms with Gasteiger partial charge in [-0.2, -0.15) is 4.31 Å². The number of benzene rings is 1. The lowest BCUT2D eigenvalue weighted by Crippen LogP contribution is -2.49. The second-order valence-corrected chi connectivity index (χ2v) is 9.23. The minimum atomic E-state index is -3.94. The number of piperidine rings is 1. The smallest absolute Gasteiger partial charge is 0.337 e. The van der Waals surface area contributed by atoms with Gasteiger partial charge in [0, 0.05) is 31.2 Å². The molecule has 1 aliphatic heterocycles. The van der Waals surface area contributed by atoms with Crippen molar-refractivity contribution in [3.8, 4) is 0 Å². The average molecular weight is 398 g/mol. The molecule has 0 radical (unpaired) electrons. The number of carbonyl (C=O) groups is 2. The van der Waals surface area contributed by atoms with Gasteiger partial charge in [0.15, 0.2) is 0 Å². The first kappa shape index (κ1) is 21.3. The molecule has 9 heteroatoms. The van der Waals surface area contributed by atoms with Gasteiger partial charge in [-0.3, -0.25) is 4.79 Å². The lowest BCUT2D eigenvalue weighted by molar-refractivity contribution is -0.127. The van der Waals surface area contributed by atoms with Crippen LogP contribution >= 0.6 is 0 Å². The Hall–Kier alpha value is -1.97. The predicted molar refractivity (Wildman–Crippen MR) is 98.8 cm³/mol. The van der Waals surface area contributed by atoms with E-state index in [1.807, 2.05) is 13.8 Å². The number of aliphatic hydroxyl groups is 1. The molecule has 0 spiro atoms. The van der Waals surface area contributed by atoms with E-state index < -0.39 is 21.5 Å². The van der Waals surface area contributed by atoms with E-state index in [1.54, 1.807) is 0 Å². The van der Waals surface area contributed by atoms with Crippen LogP contribution in [0.25, 0.3) is 0 Å². The molecular formula is C18H26N2O6S. The van der Waals surface area contributed by atoms with Gasteiger partial charge in [-0.1, -0.05) is 12.1 Å². The van der Waals surface area contributed by atoms with Crippen molar-refractivity contribution in [2.45, 2.75) is 43.5 Å². The van der Waals surface area contributed by atoms with E-state index in [2.05, 4.69) is 5.32 Å². The standard InChI is InChI=1S/C18H26N2O6S/c1-18(2,9-12-21)19-16(22)13-7-10-20(11-8-13)27(25,26)15-6-4-3-5-14(15)17(23)24/h3-6,13,21H,7-12H2,1-2H3,(H,19,22)(H,23,24). The highest BCUT2D eigenvalue weighted by Gasteiger charge is 2.35. The van der Waals surface area contributed by atoms with Crippen molar-refractivity contribution in [2.24, 2.45) is 5.92 Å². The highest BCUT2D eigenvalue weighted by Crippen LogP contribution is 2.26. The molecular weight excluding hydrogens is 372 g/mol. The summed E-state index contributed by atoms with van der Waals surface area (Å²) in [6, 6.07) is 5.52. The fourth-order valence-corrected chi connectivity index (χ4v) is 4.80. The Labute approximate surface area is 159 Å². The molecule has 0 saturated carbocycles. The first-order chi connectivity index (χ1) is 12.6. The monoisotopic (exact) mass is 398 g/mol. The number of nitrogens with zero attached hydrogens (tertiary/aromatic N) is 1. The molecule has 1 heterocycles. The Morgan fingerprint density at radius 1 is 1.22 bits per heavy atom. The summed E-state index contributed by atoms with van der Waals surface area (Å²) in [5.41, 5.74) is -0.793. The molecule has 0 bridgehead atoms. The minimum Gasteiger partial charge on any atom is -0.478 e. The topological polar surface area (TPSA) is 124 Å². The van der Waals surface area contributed by atoms with Gasteiger partial charge in [-0.05, 0) is 45.2 Å². The van der Waals surface area contributed by atoms with Crippen LogP contribution < -0.4 is 5.32 Å². The molecule has 0 aliphatic carbocycles. The maximum absolute atomic E-state index is 12.8. The third-order valence-corrected chi connectivity index (χ3v) is 6.72. The van der Waals surface area contributed by atoms with E-state index in [1.165, 1.54) is 28.6 Å². The number of aliphatic hydroxyl groups excluding tert-OH is 1. The molecule has 1 aromatic carbocycles. The van der Waals surface area contributed by atoms with E-state index in [0.29, 0.717) is 19.3 Å². The lowest BCUT2D eigenvalue weighted by Gasteiger charge is -2.33. The lowest BCUT2D eigenvalue weighted by atomic mass is 9.94. The summed E-state index contributed by atoms with van der Waals surface area (Å²) < 4.78 is 26.9. The average Bonchev–Trinajstić information content (AvgIpc) is 2.61. The molecule has 150 valence electrons. The number of carboxylic acid groups (broad SMARTS) is 1. The van der Waals surface area contributed by atoms with Crippen LogP contribution in [0, 0.1) is 5.92 Å². The van der Waals surface area contributed by atoms with Gasteiger partial charge in [0.25, 0.3) is 0 Å². The number of aromatic carboxylic acids is 1. The Morgan fingerprint density at radius 3 is 2.37 bits per heavy atom. The van der Waals surface area contributed by atoms with Crippen LogP contribution in [0.5, 0.6) is 0 Å². The zero-order chi connectivity index (χ0) is 20.2. The molecule has 1 aromatic rings. The first-order valence-electron chi connectivity index (χ1n) is 8.84. The van der Waals surface area contributed by atoms with Crippen LogP contribution in [-0.2, 0) is 14.8 Å². The number of sulfonamides is 1. The number of hydrogen-bond donors (Lipinski definition) is 3. The van der Waals surface area contributed by atoms with Crippen molar-refractivity contribution in [3.63, 3.8) is 0 Å². The molecule has 0 unspecified atom stereocenters. The molecule has 1 fully saturated rings. The van der Waals surface area contributed by atoms with Crippen LogP contribution in [0.1, 0.15) is 43.5 Å². The summed E-state index contributed by atoms with van der Waals surface area (Å²) in [4.78, 5) is 23.5. The molecule has 2 rings (SSSR count). The molecule has 27 heavy (non-hydrogen) atoms. The molecule has 0 aromatic heterocycles. The number of nitrogens with one attached hydrogen (secondary N) is 1. The van der Waals surface area contributed by atoms with Crippen molar-refractivity contribution in [1.29, 1.82) is 0 Å². The van der Waals surface area contributed by atoms with Crippen molar-refractivity contribution in [2.75, 3.05) is 19.7 Å². The number of hydrogen-bond acceptors (Lipinski definition) is 5. The highest BCUT2D eigenvalue weighted by molar-refractivity contribution is 7.89. The van der Waals surface area contributed by atoms with E-state index in [9.17, 15) is 23.1 Å². The highest BCUT2D eigenvalue weighted by atomic mass is 32.2. The quantitative estimate of drug-likeness (QED) is 0.631. The number of amides is 1. The zero-order valence-electron chi connectivity index (χ0n) is 15.5. The van der Waals surface area contributed by atoms with Gasteiger partial charge in [-0.15, -0.1) is 0 Å². The molecule has 3 N–H and O–H groups in total. The SMILES string of the molecule is CC(C)(CCO)NC(=O)C1CCN(S(=O)(=O)c2ccccc2C(=O)O)CC1. The van der Waals surface area contributed by atoms with E-state index in [4.69, 9.17) is 5.11 Å². The van der Waals surface area contributed by atoms with Gasteiger partial charge < -0.3 is 15.5 Å². The Morgan fingerprint density at radius 2 is 1.81 bits per heavy atom. The van der Waals surface area contributed by atoms with Gasteiger partial charge in [-0.25, -0.2) is 13.2 Å². The van der Waals surface area contributed by atoms with Crippen LogP contribution in [0.2, 0.25) is 0 Å². The number of carbonyl (C=O) groups excluding carboxylic acids is 1. The first-order valence-corrected chi connectivity index (χ1v) is 10.3. The van der Waals surface area contributed by atoms with Gasteiger partial charge in [0.2, 0.25) is 15.9 Å². The summed E-state index contributed by atoms with van der Waals surface area (Å²) in [5, 5.41) is 21.2. The third-order valence-electron chi connectivity index (χ3n) is 4.76. The fraction of sp³-hybridized carbons (Fsp3) is 0.556. The Balaban J connectivity index is 2.07. The summed E-state index contributed by atoms with van der Waals surface area (Å²) in [6.07, 6.45) is 1.14. The van der Waals surface area contributed by atoms with Crippen molar-refractivity contribution >= 4 is 21.9 Å². The molecule has 8 nitrogen and oxygen atoms in total. The predicted octanol–water partition coefficient (Wildman–Crippen LogP) is 1.06. The summed E-state index contributed by atoms with van der Waals surface area (Å²) >= 11 is 0. The normalized spacial score (nSPS) is 16.9. The van der Waals surface area contributed by atoms with Crippen molar-refractivity contribution < 1.29 is 28.2 Å². The molecule has 0 atom stereocenters. The summed E-state index contributed by atoms with van der Waals surface area (Å²) in [6.45, 7) is 3.91. The summed E-state index contributed by atoms with van der Waals surface area (Å²) in [7, 11) is -3.94. The van der Waals surface area contributed by atoms with Crippen LogP contribution in [0.15, 0.2) is 29.2 Å². The second kappa shape index (κ2) is 8.37. The minimum absolute atomic E-state index is 0.0348. The Bertz CT molecular complexity index is 798. The fourth-order valence-electron chi connectivity index (χ4n) is 3.14. The van der Waals surface area contributed by atoms with Gasteiger partial charge in [0.05, 0.1) is 10.5 Å². The van der Waals surface area contributed by atoms with Crippen LogP contribution in [0.4, 0.5) is 0 Å². The molecule has 1 saturated heterocycles. The van der Waals surface area contributed by atoms with Crippen molar-refractivity contribution in [1.82, 2.24) is 9.62 Å². The van der Waals surface area contributed by atoms with Crippen LogP contribution in [0.3, 0.4) is 0 Å². The van der Waals surface area contributed by atoms with Gasteiger partial charge >= 0.3 is 5.97 Å². The summed E-state index contributed by atoms with van der Waals surface area (Å²) in [5.74, 6) is -1.77. The number of carboxylic acids is 1. The molecule has 1 aliphatic rings. The van der Waals surface area contributed by atoms with E-state index in [-0.39, 0.29) is 42.0 Å². The van der Waals surface area contributed by atoms with E-state index >= 15 is 0 Å². The van der Waals surface area contributed by atoms with Crippen molar-refractivity contribution in [3.05, 3.63) is 29.8 Å². The second-order valence-electron chi connectivity index (χ2n) is 7.33. The zero-order valence-corrected chi connectivity index (χ0v) is 16.3. The van der Waals surface area contributed by atoms with Gasteiger partial charge in [0.1, 0.15) is 0 Å². The van der Waals surface area contributed by atoms with Crippen LogP contribution in [-0.4, -0.2) is 60.0 Å². The maximum Gasteiger partial charge on any atom is 0.337 e. The third kappa shape index (κ3) is 5.06.